The zero-order chi connectivity index (χ0) is 13.4. The van der Waals surface area contributed by atoms with Gasteiger partial charge < -0.3 is 5.73 Å². The normalized spacial score (nSPS) is 12.8. The topological polar surface area (TPSA) is 43.8 Å². The number of aromatic nitrogens is 2. The Morgan fingerprint density at radius 2 is 2.06 bits per heavy atom. The van der Waals surface area contributed by atoms with Gasteiger partial charge in [0.1, 0.15) is 5.82 Å². The summed E-state index contributed by atoms with van der Waals surface area (Å²) in [6.07, 6.45) is 0. The largest absolute Gasteiger partial charge is 0.324 e. The van der Waals surface area contributed by atoms with Crippen molar-refractivity contribution >= 4 is 15.9 Å². The van der Waals surface area contributed by atoms with E-state index in [1.165, 1.54) is 12.1 Å². The third-order valence-electron chi connectivity index (χ3n) is 2.91. The molecule has 0 aliphatic carbocycles. The van der Waals surface area contributed by atoms with E-state index in [-0.39, 0.29) is 11.9 Å². The van der Waals surface area contributed by atoms with Crippen LogP contribution in [0.2, 0.25) is 0 Å². The molecule has 0 spiro atoms. The van der Waals surface area contributed by atoms with Gasteiger partial charge in [-0.1, -0.05) is 0 Å². The van der Waals surface area contributed by atoms with E-state index in [0.29, 0.717) is 0 Å². The van der Waals surface area contributed by atoms with Gasteiger partial charge in [0.15, 0.2) is 0 Å². The van der Waals surface area contributed by atoms with Gasteiger partial charge in [0.05, 0.1) is 21.5 Å². The molecule has 1 heterocycles. The van der Waals surface area contributed by atoms with Gasteiger partial charge in [0.2, 0.25) is 0 Å². The highest BCUT2D eigenvalue weighted by Gasteiger charge is 2.15. The SMILES string of the molecule is Cc1nn(-c2ccc(F)cc2C(C)N)c(C)c1Br. The lowest BCUT2D eigenvalue weighted by molar-refractivity contribution is 0.620. The van der Waals surface area contributed by atoms with Crippen LogP contribution in [-0.2, 0) is 0 Å². The molecule has 0 saturated heterocycles. The van der Waals surface area contributed by atoms with Gasteiger partial charge in [-0.3, -0.25) is 0 Å². The second-order valence-corrected chi connectivity index (χ2v) is 5.18. The van der Waals surface area contributed by atoms with Crippen LogP contribution in [0.5, 0.6) is 0 Å². The fourth-order valence-corrected chi connectivity index (χ4v) is 2.19. The molecule has 0 saturated carbocycles. The zero-order valence-electron chi connectivity index (χ0n) is 10.5. The van der Waals surface area contributed by atoms with Crippen LogP contribution < -0.4 is 5.73 Å². The molecule has 0 aliphatic heterocycles. The molecule has 0 amide bonds. The molecular formula is C13H15BrFN3. The van der Waals surface area contributed by atoms with Crippen molar-refractivity contribution < 1.29 is 4.39 Å². The highest BCUT2D eigenvalue weighted by molar-refractivity contribution is 9.10. The van der Waals surface area contributed by atoms with Gasteiger partial charge in [0.25, 0.3) is 0 Å². The Balaban J connectivity index is 2.67. The van der Waals surface area contributed by atoms with Crippen LogP contribution in [0.15, 0.2) is 22.7 Å². The van der Waals surface area contributed by atoms with Crippen LogP contribution in [0.1, 0.15) is 29.9 Å². The van der Waals surface area contributed by atoms with Gasteiger partial charge in [-0.15, -0.1) is 0 Å². The summed E-state index contributed by atoms with van der Waals surface area (Å²) in [7, 11) is 0. The fraction of sp³-hybridized carbons (Fsp3) is 0.308. The van der Waals surface area contributed by atoms with Crippen molar-refractivity contribution in [3.8, 4) is 5.69 Å². The summed E-state index contributed by atoms with van der Waals surface area (Å²) in [5.74, 6) is -0.286. The van der Waals surface area contributed by atoms with Crippen molar-refractivity contribution in [3.05, 3.63) is 45.4 Å². The molecule has 96 valence electrons. The number of hydrogen-bond donors (Lipinski definition) is 1. The molecule has 2 N–H and O–H groups in total. The summed E-state index contributed by atoms with van der Waals surface area (Å²) in [5, 5.41) is 4.44. The predicted octanol–water partition coefficient (Wildman–Crippen LogP) is 3.41. The molecule has 0 radical (unpaired) electrons. The van der Waals surface area contributed by atoms with Crippen LogP contribution in [0.25, 0.3) is 5.69 Å². The molecule has 0 aliphatic rings. The first-order chi connectivity index (χ1) is 8.41. The van der Waals surface area contributed by atoms with Crippen LogP contribution in [0.3, 0.4) is 0 Å². The molecule has 18 heavy (non-hydrogen) atoms. The summed E-state index contributed by atoms with van der Waals surface area (Å²) in [5.41, 5.74) is 9.33. The third-order valence-corrected chi connectivity index (χ3v) is 4.06. The number of rotatable bonds is 2. The molecule has 1 aromatic carbocycles. The molecule has 1 aromatic heterocycles. The quantitative estimate of drug-likeness (QED) is 0.923. The third kappa shape index (κ3) is 2.20. The van der Waals surface area contributed by atoms with Gasteiger partial charge in [-0.25, -0.2) is 9.07 Å². The maximum atomic E-state index is 13.3. The number of nitrogens with two attached hydrogens (primary N) is 1. The van der Waals surface area contributed by atoms with E-state index >= 15 is 0 Å². The lowest BCUT2D eigenvalue weighted by Crippen LogP contribution is -2.12. The Morgan fingerprint density at radius 1 is 1.39 bits per heavy atom. The molecule has 0 fully saturated rings. The summed E-state index contributed by atoms with van der Waals surface area (Å²) in [6, 6.07) is 4.34. The van der Waals surface area contributed by atoms with Gasteiger partial charge >= 0.3 is 0 Å². The molecule has 2 rings (SSSR count). The van der Waals surface area contributed by atoms with E-state index in [9.17, 15) is 4.39 Å². The number of aryl methyl sites for hydroxylation is 1. The molecule has 2 aromatic rings. The first-order valence-electron chi connectivity index (χ1n) is 5.69. The average Bonchev–Trinajstić information content (AvgIpc) is 2.57. The number of halogens is 2. The standard InChI is InChI=1S/C13H15BrFN3/c1-7(16)11-6-10(15)4-5-12(11)18-9(3)13(14)8(2)17-18/h4-7H,16H2,1-3H3. The number of benzene rings is 1. The molecule has 1 unspecified atom stereocenters. The maximum absolute atomic E-state index is 13.3. The van der Waals surface area contributed by atoms with Crippen molar-refractivity contribution in [3.63, 3.8) is 0 Å². The minimum Gasteiger partial charge on any atom is -0.324 e. The molecule has 5 heteroatoms. The highest BCUT2D eigenvalue weighted by atomic mass is 79.9. The second-order valence-electron chi connectivity index (χ2n) is 4.39. The summed E-state index contributed by atoms with van der Waals surface area (Å²) in [6.45, 7) is 5.71. The first kappa shape index (κ1) is 13.2. The fourth-order valence-electron chi connectivity index (χ4n) is 1.94. The molecule has 0 bridgehead atoms. The molecular weight excluding hydrogens is 297 g/mol. The van der Waals surface area contributed by atoms with Gasteiger partial charge in [-0.05, 0) is 60.5 Å². The Kier molecular flexibility index (Phi) is 3.54. The Labute approximate surface area is 114 Å². The van der Waals surface area contributed by atoms with Gasteiger partial charge in [0, 0.05) is 6.04 Å². The second kappa shape index (κ2) is 4.82. The van der Waals surface area contributed by atoms with Crippen molar-refractivity contribution in [2.75, 3.05) is 0 Å². The van der Waals surface area contributed by atoms with E-state index in [1.54, 1.807) is 10.7 Å². The highest BCUT2D eigenvalue weighted by Crippen LogP contribution is 2.27. The minimum absolute atomic E-state index is 0.251. The van der Waals surface area contributed by atoms with Gasteiger partial charge in [-0.2, -0.15) is 5.10 Å². The minimum atomic E-state index is -0.286. The van der Waals surface area contributed by atoms with Crippen LogP contribution >= 0.6 is 15.9 Å². The molecule has 1 atom stereocenters. The van der Waals surface area contributed by atoms with Crippen molar-refractivity contribution in [2.24, 2.45) is 5.73 Å². The van der Waals surface area contributed by atoms with Crippen molar-refractivity contribution in [2.45, 2.75) is 26.8 Å². The van der Waals surface area contributed by atoms with E-state index in [1.807, 2.05) is 20.8 Å². The maximum Gasteiger partial charge on any atom is 0.123 e. The lowest BCUT2D eigenvalue weighted by atomic mass is 10.1. The monoisotopic (exact) mass is 311 g/mol. The van der Waals surface area contributed by atoms with Crippen LogP contribution in [0, 0.1) is 19.7 Å². The van der Waals surface area contributed by atoms with Crippen LogP contribution in [0.4, 0.5) is 4.39 Å². The van der Waals surface area contributed by atoms with Crippen molar-refractivity contribution in [1.82, 2.24) is 9.78 Å². The zero-order valence-corrected chi connectivity index (χ0v) is 12.1. The lowest BCUT2D eigenvalue weighted by Gasteiger charge is -2.14. The van der Waals surface area contributed by atoms with E-state index in [2.05, 4.69) is 21.0 Å². The first-order valence-corrected chi connectivity index (χ1v) is 6.48. The predicted molar refractivity (Wildman–Crippen MR) is 73.3 cm³/mol. The van der Waals surface area contributed by atoms with E-state index in [0.717, 1.165) is 27.1 Å². The Bertz CT molecular complexity index is 590. The molecule has 3 nitrogen and oxygen atoms in total. The average molecular weight is 312 g/mol. The number of hydrogen-bond acceptors (Lipinski definition) is 2. The Hall–Kier alpha value is -1.20. The van der Waals surface area contributed by atoms with Crippen LogP contribution in [-0.4, -0.2) is 9.78 Å². The number of nitrogens with zero attached hydrogens (tertiary/aromatic N) is 2. The summed E-state index contributed by atoms with van der Waals surface area (Å²) in [4.78, 5) is 0. The summed E-state index contributed by atoms with van der Waals surface area (Å²) >= 11 is 3.48. The van der Waals surface area contributed by atoms with Crippen molar-refractivity contribution in [1.29, 1.82) is 0 Å². The Morgan fingerprint density at radius 3 is 2.56 bits per heavy atom. The van der Waals surface area contributed by atoms with E-state index in [4.69, 9.17) is 5.73 Å². The smallest absolute Gasteiger partial charge is 0.123 e. The van der Waals surface area contributed by atoms with E-state index < -0.39 is 0 Å². The summed E-state index contributed by atoms with van der Waals surface area (Å²) < 4.78 is 16.1.